The van der Waals surface area contributed by atoms with Crippen LogP contribution < -0.4 is 4.74 Å². The van der Waals surface area contributed by atoms with Crippen LogP contribution in [0.2, 0.25) is 0 Å². The van der Waals surface area contributed by atoms with Crippen LogP contribution in [0.4, 0.5) is 4.79 Å². The molecule has 0 unspecified atom stereocenters. The Hall–Kier alpha value is -2.28. The lowest BCUT2D eigenvalue weighted by Gasteiger charge is -2.11. The Morgan fingerprint density at radius 3 is 2.69 bits per heavy atom. The molecule has 1 aliphatic rings. The minimum Gasteiger partial charge on any atom is -0.481 e. The molecule has 0 N–H and O–H groups in total. The van der Waals surface area contributed by atoms with Crippen molar-refractivity contribution in [3.05, 3.63) is 34.7 Å². The van der Waals surface area contributed by atoms with Gasteiger partial charge in [0.25, 0.3) is 11.1 Å². The van der Waals surface area contributed by atoms with Gasteiger partial charge in [-0.25, -0.2) is 4.79 Å². The number of esters is 1. The SMILES string of the molecule is CCCCCN1C(=O)S/C(=C\c2ccccc2OCC(=O)OCC)C1=O. The molecule has 1 heterocycles. The molecule has 1 fully saturated rings. The van der Waals surface area contributed by atoms with Gasteiger partial charge in [0.15, 0.2) is 6.61 Å². The molecule has 0 aliphatic carbocycles. The van der Waals surface area contributed by atoms with Gasteiger partial charge >= 0.3 is 5.97 Å². The molecular formula is C19H23NO5S. The lowest BCUT2D eigenvalue weighted by molar-refractivity contribution is -0.145. The van der Waals surface area contributed by atoms with Crippen molar-refractivity contribution >= 4 is 35.0 Å². The zero-order chi connectivity index (χ0) is 18.9. The van der Waals surface area contributed by atoms with Gasteiger partial charge in [-0.2, -0.15) is 0 Å². The smallest absolute Gasteiger partial charge is 0.344 e. The molecule has 1 saturated heterocycles. The standard InChI is InChI=1S/C19H23NO5S/c1-3-5-8-11-20-18(22)16(26-19(20)23)12-14-9-6-7-10-15(14)25-13-17(21)24-4-2/h6-7,9-10,12H,3-5,8,11,13H2,1-2H3/b16-12-. The number of carbonyl (C=O) groups is 3. The summed E-state index contributed by atoms with van der Waals surface area (Å²) in [6, 6.07) is 7.05. The van der Waals surface area contributed by atoms with Crippen LogP contribution in [-0.4, -0.2) is 41.8 Å². The van der Waals surface area contributed by atoms with Crippen molar-refractivity contribution in [3.63, 3.8) is 0 Å². The summed E-state index contributed by atoms with van der Waals surface area (Å²) in [6.45, 7) is 4.31. The van der Waals surface area contributed by atoms with Crippen molar-refractivity contribution in [1.29, 1.82) is 0 Å². The minimum atomic E-state index is -0.460. The predicted octanol–water partition coefficient (Wildman–Crippen LogP) is 3.86. The molecular weight excluding hydrogens is 354 g/mol. The number of thioether (sulfide) groups is 1. The van der Waals surface area contributed by atoms with E-state index in [0.717, 1.165) is 31.0 Å². The normalized spacial score (nSPS) is 15.6. The summed E-state index contributed by atoms with van der Waals surface area (Å²) in [5, 5.41) is -0.248. The monoisotopic (exact) mass is 377 g/mol. The number of rotatable bonds is 9. The van der Waals surface area contributed by atoms with Crippen LogP contribution in [0.3, 0.4) is 0 Å². The van der Waals surface area contributed by atoms with Crippen molar-refractivity contribution in [2.24, 2.45) is 0 Å². The van der Waals surface area contributed by atoms with E-state index < -0.39 is 5.97 Å². The first kappa shape index (κ1) is 20.0. The Morgan fingerprint density at radius 1 is 1.19 bits per heavy atom. The predicted molar refractivity (Wildman–Crippen MR) is 101 cm³/mol. The van der Waals surface area contributed by atoms with Crippen LogP contribution in [0.5, 0.6) is 5.75 Å². The number of ether oxygens (including phenoxy) is 2. The fraction of sp³-hybridized carbons (Fsp3) is 0.421. The van der Waals surface area contributed by atoms with Gasteiger partial charge < -0.3 is 9.47 Å². The molecule has 1 aliphatic heterocycles. The van der Waals surface area contributed by atoms with Crippen molar-refractivity contribution in [3.8, 4) is 5.75 Å². The number of carbonyl (C=O) groups excluding carboxylic acids is 3. The largest absolute Gasteiger partial charge is 0.481 e. The molecule has 0 aromatic heterocycles. The first-order valence-electron chi connectivity index (χ1n) is 8.69. The quantitative estimate of drug-likeness (QED) is 0.370. The van der Waals surface area contributed by atoms with Crippen LogP contribution >= 0.6 is 11.8 Å². The highest BCUT2D eigenvalue weighted by Gasteiger charge is 2.34. The van der Waals surface area contributed by atoms with Crippen LogP contribution in [0.25, 0.3) is 6.08 Å². The third-order valence-corrected chi connectivity index (χ3v) is 4.62. The van der Waals surface area contributed by atoms with Crippen LogP contribution in [0.15, 0.2) is 29.2 Å². The van der Waals surface area contributed by atoms with Gasteiger partial charge in [0, 0.05) is 12.1 Å². The minimum absolute atomic E-state index is 0.211. The summed E-state index contributed by atoms with van der Waals surface area (Å²) in [4.78, 5) is 37.7. The topological polar surface area (TPSA) is 72.9 Å². The Bertz CT molecular complexity index is 701. The molecule has 0 atom stereocenters. The van der Waals surface area contributed by atoms with E-state index in [-0.39, 0.29) is 24.4 Å². The molecule has 26 heavy (non-hydrogen) atoms. The highest BCUT2D eigenvalue weighted by atomic mass is 32.2. The molecule has 0 spiro atoms. The molecule has 0 radical (unpaired) electrons. The molecule has 1 aromatic carbocycles. The van der Waals surface area contributed by atoms with Crippen LogP contribution in [0, 0.1) is 0 Å². The van der Waals surface area contributed by atoms with E-state index in [1.807, 2.05) is 0 Å². The summed E-state index contributed by atoms with van der Waals surface area (Å²) in [5.74, 6) is -0.284. The number of hydrogen-bond donors (Lipinski definition) is 0. The van der Waals surface area contributed by atoms with Crippen molar-refractivity contribution < 1.29 is 23.9 Å². The van der Waals surface area contributed by atoms with Gasteiger partial charge in [-0.15, -0.1) is 0 Å². The summed E-state index contributed by atoms with van der Waals surface area (Å²) in [5.41, 5.74) is 0.635. The second kappa shape index (κ2) is 10.0. The molecule has 7 heteroatoms. The van der Waals surface area contributed by atoms with Crippen LogP contribution in [0.1, 0.15) is 38.7 Å². The molecule has 0 saturated carbocycles. The fourth-order valence-electron chi connectivity index (χ4n) is 2.42. The summed E-state index contributed by atoms with van der Waals surface area (Å²) >= 11 is 0.927. The van der Waals surface area contributed by atoms with Gasteiger partial charge in [-0.1, -0.05) is 38.0 Å². The number of hydrogen-bond acceptors (Lipinski definition) is 6. The van der Waals surface area contributed by atoms with E-state index >= 15 is 0 Å². The number of nitrogens with zero attached hydrogens (tertiary/aromatic N) is 1. The van der Waals surface area contributed by atoms with Gasteiger partial charge in [-0.3, -0.25) is 14.5 Å². The lowest BCUT2D eigenvalue weighted by atomic mass is 10.2. The maximum Gasteiger partial charge on any atom is 0.344 e. The van der Waals surface area contributed by atoms with Gasteiger partial charge in [0.05, 0.1) is 11.5 Å². The Labute approximate surface area is 157 Å². The maximum absolute atomic E-state index is 12.5. The maximum atomic E-state index is 12.5. The second-order valence-corrected chi connectivity index (χ2v) is 6.67. The summed E-state index contributed by atoms with van der Waals surface area (Å²) in [6.07, 6.45) is 4.44. The number of amides is 2. The first-order valence-corrected chi connectivity index (χ1v) is 9.51. The Kier molecular flexibility index (Phi) is 7.72. The van der Waals surface area contributed by atoms with E-state index in [1.165, 1.54) is 4.90 Å². The van der Waals surface area contributed by atoms with E-state index in [0.29, 0.717) is 22.8 Å². The summed E-state index contributed by atoms with van der Waals surface area (Å²) in [7, 11) is 0. The number of para-hydroxylation sites is 1. The zero-order valence-electron chi connectivity index (χ0n) is 15.0. The van der Waals surface area contributed by atoms with Crippen molar-refractivity contribution in [2.75, 3.05) is 19.8 Å². The third kappa shape index (κ3) is 5.36. The van der Waals surface area contributed by atoms with Crippen LogP contribution in [-0.2, 0) is 14.3 Å². The van der Waals surface area contributed by atoms with Crippen molar-refractivity contribution in [2.45, 2.75) is 33.1 Å². The highest BCUT2D eigenvalue weighted by molar-refractivity contribution is 8.18. The number of unbranched alkanes of at least 4 members (excludes halogenated alkanes) is 2. The zero-order valence-corrected chi connectivity index (χ0v) is 15.8. The molecule has 140 valence electrons. The number of benzene rings is 1. The average Bonchev–Trinajstić information content (AvgIpc) is 2.89. The number of imide groups is 1. The molecule has 6 nitrogen and oxygen atoms in total. The van der Waals surface area contributed by atoms with Gasteiger partial charge in [0.2, 0.25) is 0 Å². The molecule has 1 aromatic rings. The van der Waals surface area contributed by atoms with E-state index in [2.05, 4.69) is 6.92 Å². The van der Waals surface area contributed by atoms with E-state index in [4.69, 9.17) is 9.47 Å². The van der Waals surface area contributed by atoms with Crippen molar-refractivity contribution in [1.82, 2.24) is 4.90 Å². The highest BCUT2D eigenvalue weighted by Crippen LogP contribution is 2.34. The lowest BCUT2D eigenvalue weighted by Crippen LogP contribution is -2.29. The molecule has 0 bridgehead atoms. The molecule has 2 rings (SSSR count). The Balaban J connectivity index is 2.10. The fourth-order valence-corrected chi connectivity index (χ4v) is 3.28. The van der Waals surface area contributed by atoms with Gasteiger partial charge in [-0.05, 0) is 37.2 Å². The third-order valence-electron chi connectivity index (χ3n) is 3.72. The van der Waals surface area contributed by atoms with E-state index in [9.17, 15) is 14.4 Å². The molecule has 2 amide bonds. The summed E-state index contributed by atoms with van der Waals surface area (Å²) < 4.78 is 10.3. The average molecular weight is 377 g/mol. The Morgan fingerprint density at radius 2 is 1.96 bits per heavy atom. The second-order valence-electron chi connectivity index (χ2n) is 5.67. The van der Waals surface area contributed by atoms with Gasteiger partial charge in [0.1, 0.15) is 5.75 Å². The van der Waals surface area contributed by atoms with E-state index in [1.54, 1.807) is 37.3 Å². The first-order chi connectivity index (χ1) is 12.6.